The van der Waals surface area contributed by atoms with E-state index in [1.807, 2.05) is 0 Å². The summed E-state index contributed by atoms with van der Waals surface area (Å²) >= 11 is 0. The maximum absolute atomic E-state index is 12.3. The number of nitrogens with zero attached hydrogens (tertiary/aromatic N) is 3. The van der Waals surface area contributed by atoms with Crippen LogP contribution in [0.3, 0.4) is 0 Å². The Morgan fingerprint density at radius 2 is 2.11 bits per heavy atom. The van der Waals surface area contributed by atoms with Gasteiger partial charge in [-0.2, -0.15) is 4.98 Å². The third-order valence-electron chi connectivity index (χ3n) is 4.22. The zero-order chi connectivity index (χ0) is 20.6. The summed E-state index contributed by atoms with van der Waals surface area (Å²) in [5, 5.41) is 32.4. The molecule has 0 fully saturated rings. The molecule has 28 heavy (non-hydrogen) atoms. The molecule has 2 rings (SSSR count). The van der Waals surface area contributed by atoms with E-state index in [2.05, 4.69) is 26.8 Å². The number of nitrogens with two attached hydrogens (primary N) is 1. The highest BCUT2D eigenvalue weighted by atomic mass is 16.5. The number of H-pyrrole nitrogens is 1. The van der Waals surface area contributed by atoms with Gasteiger partial charge in [0.05, 0.1) is 19.5 Å². The largest absolute Gasteiger partial charge is 0.491 e. The fraction of sp³-hybridized carbons (Fsp3) is 0.588. The average Bonchev–Trinajstić information content (AvgIpc) is 3.13. The smallest absolute Gasteiger partial charge is 0.280 e. The Bertz CT molecular complexity index is 835. The number of unbranched alkanes of at least 4 members (excludes halogenated alkanes) is 3. The van der Waals surface area contributed by atoms with Gasteiger partial charge in [-0.15, -0.1) is 0 Å². The predicted octanol–water partition coefficient (Wildman–Crippen LogP) is -0.789. The monoisotopic (exact) mass is 396 g/mol. The van der Waals surface area contributed by atoms with Gasteiger partial charge in [0.2, 0.25) is 11.7 Å². The number of aromatic amines is 1. The number of ether oxygens (including phenoxy) is 1. The molecule has 0 saturated heterocycles. The predicted molar refractivity (Wildman–Crippen MR) is 104 cm³/mol. The number of anilines is 1. The number of imidazole rings is 1. The molecule has 0 spiro atoms. The molecule has 0 saturated carbocycles. The summed E-state index contributed by atoms with van der Waals surface area (Å²) in [5.74, 6) is 0.262. The summed E-state index contributed by atoms with van der Waals surface area (Å²) in [6, 6.07) is 0. The van der Waals surface area contributed by atoms with Crippen molar-refractivity contribution in [1.82, 2.24) is 19.5 Å². The summed E-state index contributed by atoms with van der Waals surface area (Å²) < 4.78 is 6.31. The van der Waals surface area contributed by atoms with Crippen molar-refractivity contribution in [1.29, 1.82) is 0 Å². The quantitative estimate of drug-likeness (QED) is 0.187. The molecular weight excluding hydrogens is 368 g/mol. The third-order valence-corrected chi connectivity index (χ3v) is 4.22. The molecule has 0 aliphatic carbocycles. The Labute approximate surface area is 161 Å². The average molecular weight is 396 g/mol. The van der Waals surface area contributed by atoms with Crippen molar-refractivity contribution in [2.75, 3.05) is 38.2 Å². The molecule has 1 atom stereocenters. The van der Waals surface area contributed by atoms with E-state index in [0.717, 1.165) is 30.3 Å². The van der Waals surface area contributed by atoms with Crippen molar-refractivity contribution in [3.05, 3.63) is 29.0 Å². The number of hydrogen-bond acceptors (Lipinski definition) is 9. The maximum atomic E-state index is 12.3. The standard InChI is InChI=1S/C17H28N6O5/c1-12(8-24)28-10-17(27,9-25)23-11-20-13-14(23)21-16(22-15(13)26)19-7-5-3-2-4-6-18/h11,24-25,27H,1-10,18H2,(H2,19,21,22,26). The molecule has 156 valence electrons. The van der Waals surface area contributed by atoms with Crippen LogP contribution in [-0.4, -0.2) is 67.7 Å². The molecule has 7 N–H and O–H groups in total. The number of nitrogens with one attached hydrogen (secondary N) is 2. The number of hydrogen-bond donors (Lipinski definition) is 6. The van der Waals surface area contributed by atoms with Gasteiger partial charge in [0.1, 0.15) is 12.4 Å². The van der Waals surface area contributed by atoms with Crippen molar-refractivity contribution in [3.63, 3.8) is 0 Å². The van der Waals surface area contributed by atoms with Crippen LogP contribution in [0.2, 0.25) is 0 Å². The third kappa shape index (κ3) is 5.29. The van der Waals surface area contributed by atoms with Gasteiger partial charge in [-0.05, 0) is 19.4 Å². The van der Waals surface area contributed by atoms with Crippen LogP contribution in [0.15, 0.2) is 23.5 Å². The zero-order valence-corrected chi connectivity index (χ0v) is 15.7. The highest BCUT2D eigenvalue weighted by Crippen LogP contribution is 2.20. The zero-order valence-electron chi connectivity index (χ0n) is 15.7. The first-order chi connectivity index (χ1) is 13.4. The van der Waals surface area contributed by atoms with Gasteiger partial charge in [-0.1, -0.05) is 19.4 Å². The second-order valence-electron chi connectivity index (χ2n) is 6.46. The highest BCUT2D eigenvalue weighted by Gasteiger charge is 2.32. The van der Waals surface area contributed by atoms with Crippen LogP contribution in [-0.2, 0) is 10.5 Å². The minimum atomic E-state index is -1.94. The molecule has 11 nitrogen and oxygen atoms in total. The molecule has 2 aromatic rings. The van der Waals surface area contributed by atoms with Gasteiger partial charge in [0.15, 0.2) is 11.2 Å². The Morgan fingerprint density at radius 1 is 1.36 bits per heavy atom. The fourth-order valence-corrected chi connectivity index (χ4v) is 2.58. The molecule has 0 aliphatic heterocycles. The normalized spacial score (nSPS) is 13.4. The van der Waals surface area contributed by atoms with E-state index in [0.29, 0.717) is 13.1 Å². The van der Waals surface area contributed by atoms with Crippen molar-refractivity contribution in [2.24, 2.45) is 5.73 Å². The lowest BCUT2D eigenvalue weighted by molar-refractivity contribution is -0.122. The first-order valence-corrected chi connectivity index (χ1v) is 9.11. The number of fused-ring (bicyclic) bond motifs is 1. The van der Waals surface area contributed by atoms with Crippen LogP contribution in [0.4, 0.5) is 5.95 Å². The maximum Gasteiger partial charge on any atom is 0.280 e. The highest BCUT2D eigenvalue weighted by molar-refractivity contribution is 5.71. The van der Waals surface area contributed by atoms with Crippen molar-refractivity contribution >= 4 is 17.1 Å². The van der Waals surface area contributed by atoms with Crippen molar-refractivity contribution in [3.8, 4) is 0 Å². The second kappa shape index (κ2) is 10.2. The summed E-state index contributed by atoms with van der Waals surface area (Å²) in [5.41, 5.74) is 3.15. The Balaban J connectivity index is 2.19. The lowest BCUT2D eigenvalue weighted by Gasteiger charge is -2.27. The molecule has 0 aromatic carbocycles. The van der Waals surface area contributed by atoms with E-state index in [1.165, 1.54) is 6.33 Å². The van der Waals surface area contributed by atoms with Crippen LogP contribution in [0.1, 0.15) is 25.7 Å². The Morgan fingerprint density at radius 3 is 2.79 bits per heavy atom. The van der Waals surface area contributed by atoms with Gasteiger partial charge in [0, 0.05) is 6.54 Å². The number of rotatable bonds is 13. The van der Waals surface area contributed by atoms with Gasteiger partial charge < -0.3 is 31.1 Å². The van der Waals surface area contributed by atoms with Crippen molar-refractivity contribution < 1.29 is 20.1 Å². The topological polar surface area (TPSA) is 172 Å². The minimum Gasteiger partial charge on any atom is -0.491 e. The van der Waals surface area contributed by atoms with Crippen LogP contribution in [0.25, 0.3) is 11.2 Å². The summed E-state index contributed by atoms with van der Waals surface area (Å²) in [6.45, 7) is 3.18. The van der Waals surface area contributed by atoms with E-state index in [-0.39, 0.29) is 22.9 Å². The van der Waals surface area contributed by atoms with Crippen LogP contribution in [0, 0.1) is 0 Å². The van der Waals surface area contributed by atoms with Crippen LogP contribution in [0.5, 0.6) is 0 Å². The SMILES string of the molecule is C=C(CO)OCC(O)(CO)n1cnc2c(=O)[nH]c(NCCCCCCN)nc21. The molecule has 0 amide bonds. The first kappa shape index (κ1) is 21.8. The van der Waals surface area contributed by atoms with E-state index in [4.69, 9.17) is 15.6 Å². The van der Waals surface area contributed by atoms with Gasteiger partial charge >= 0.3 is 0 Å². The fourth-order valence-electron chi connectivity index (χ4n) is 2.58. The molecule has 11 heteroatoms. The molecule has 2 aromatic heterocycles. The van der Waals surface area contributed by atoms with Gasteiger partial charge in [-0.25, -0.2) is 4.98 Å². The molecule has 0 bridgehead atoms. The minimum absolute atomic E-state index is 0.0151. The lowest BCUT2D eigenvalue weighted by atomic mass is 10.2. The van der Waals surface area contributed by atoms with Crippen LogP contribution < -0.4 is 16.6 Å². The first-order valence-electron chi connectivity index (χ1n) is 9.11. The number of aromatic nitrogens is 4. The molecule has 0 radical (unpaired) electrons. The van der Waals surface area contributed by atoms with Gasteiger partial charge in [0.25, 0.3) is 5.56 Å². The van der Waals surface area contributed by atoms with E-state index < -0.39 is 31.1 Å². The molecule has 2 heterocycles. The van der Waals surface area contributed by atoms with Gasteiger partial charge in [-0.3, -0.25) is 14.3 Å². The van der Waals surface area contributed by atoms with E-state index in [1.54, 1.807) is 0 Å². The van der Waals surface area contributed by atoms with Crippen molar-refractivity contribution in [2.45, 2.75) is 31.4 Å². The Hall–Kier alpha value is -2.47. The van der Waals surface area contributed by atoms with Crippen LogP contribution >= 0.6 is 0 Å². The number of aliphatic hydroxyl groups is 3. The summed E-state index contributed by atoms with van der Waals surface area (Å²) in [4.78, 5) is 23.1. The lowest BCUT2D eigenvalue weighted by Crippen LogP contribution is -2.42. The molecular formula is C17H28N6O5. The Kier molecular flexibility index (Phi) is 7.93. The second-order valence-corrected chi connectivity index (χ2v) is 6.46. The summed E-state index contributed by atoms with van der Waals surface area (Å²) in [7, 11) is 0. The summed E-state index contributed by atoms with van der Waals surface area (Å²) in [6.07, 6.45) is 5.11. The number of aliphatic hydroxyl groups excluding tert-OH is 2. The van der Waals surface area contributed by atoms with E-state index in [9.17, 15) is 15.0 Å². The van der Waals surface area contributed by atoms with E-state index >= 15 is 0 Å². The molecule has 1 unspecified atom stereocenters. The molecule has 0 aliphatic rings.